The predicted molar refractivity (Wildman–Crippen MR) is 91.0 cm³/mol. The fourth-order valence-electron chi connectivity index (χ4n) is 6.36. The van der Waals surface area contributed by atoms with Gasteiger partial charge in [0.2, 0.25) is 5.78 Å². The first-order chi connectivity index (χ1) is 11.8. The van der Waals surface area contributed by atoms with E-state index in [0.717, 1.165) is 30.4 Å². The first-order valence-electron chi connectivity index (χ1n) is 9.07. The van der Waals surface area contributed by atoms with E-state index in [1.807, 2.05) is 0 Å². The summed E-state index contributed by atoms with van der Waals surface area (Å²) in [6, 6.07) is 0. The Hall–Kier alpha value is -1.59. The maximum Gasteiger partial charge on any atom is 0.205 e. The van der Waals surface area contributed by atoms with Crippen LogP contribution >= 0.6 is 0 Å². The molecule has 1 saturated carbocycles. The lowest BCUT2D eigenvalue weighted by Gasteiger charge is -2.61. The van der Waals surface area contributed by atoms with Gasteiger partial charge in [-0.2, -0.15) is 0 Å². The molecule has 0 saturated heterocycles. The van der Waals surface area contributed by atoms with Crippen LogP contribution in [0.25, 0.3) is 0 Å². The first-order valence-corrected chi connectivity index (χ1v) is 9.07. The molecule has 0 unspecified atom stereocenters. The molecule has 4 rings (SSSR count). The molecule has 0 amide bonds. The Morgan fingerprint density at radius 2 is 1.92 bits per heavy atom. The van der Waals surface area contributed by atoms with Crippen molar-refractivity contribution < 1.29 is 24.5 Å². The molecule has 1 fully saturated rings. The van der Waals surface area contributed by atoms with Crippen molar-refractivity contribution in [1.29, 1.82) is 0 Å². The number of carbonyl (C=O) groups excluding carboxylic acids is 1. The van der Waals surface area contributed by atoms with E-state index in [4.69, 9.17) is 4.42 Å². The third-order valence-electron chi connectivity index (χ3n) is 7.61. The van der Waals surface area contributed by atoms with Gasteiger partial charge in [0.05, 0.1) is 31.2 Å². The summed E-state index contributed by atoms with van der Waals surface area (Å²) in [6.07, 6.45) is 8.41. The molecule has 3 N–H and O–H groups in total. The number of allylic oxidation sites excluding steroid dienone is 2. The molecule has 0 bridgehead atoms. The molecule has 136 valence electrons. The van der Waals surface area contributed by atoms with E-state index in [0.29, 0.717) is 6.42 Å². The Balaban J connectivity index is 1.90. The van der Waals surface area contributed by atoms with Crippen molar-refractivity contribution in [2.45, 2.75) is 44.9 Å². The summed E-state index contributed by atoms with van der Waals surface area (Å²) >= 11 is 0. The Kier molecular flexibility index (Phi) is 3.51. The van der Waals surface area contributed by atoms with Crippen LogP contribution in [-0.4, -0.2) is 34.3 Å². The van der Waals surface area contributed by atoms with Gasteiger partial charge >= 0.3 is 0 Å². The highest BCUT2D eigenvalue weighted by Gasteiger charge is 2.64. The van der Waals surface area contributed by atoms with E-state index >= 15 is 0 Å². The van der Waals surface area contributed by atoms with Crippen molar-refractivity contribution in [3.63, 3.8) is 0 Å². The first kappa shape index (κ1) is 16.9. The molecule has 1 heterocycles. The number of furan rings is 1. The highest BCUT2D eigenvalue weighted by Crippen LogP contribution is 2.65. The van der Waals surface area contributed by atoms with Gasteiger partial charge in [0, 0.05) is 11.0 Å². The minimum Gasteiger partial charge on any atom is -0.505 e. The molecule has 3 aliphatic carbocycles. The average molecular weight is 346 g/mol. The molecule has 5 nitrogen and oxygen atoms in total. The Morgan fingerprint density at radius 1 is 1.16 bits per heavy atom. The number of Topliss-reactive ketones (excluding diaryl/α,β-unsaturated/α-hetero) is 1. The van der Waals surface area contributed by atoms with Crippen LogP contribution < -0.4 is 0 Å². The van der Waals surface area contributed by atoms with Crippen LogP contribution in [0.5, 0.6) is 0 Å². The maximum absolute atomic E-state index is 12.6. The second-order valence-corrected chi connectivity index (χ2v) is 8.61. The van der Waals surface area contributed by atoms with Crippen molar-refractivity contribution >= 4 is 5.78 Å². The Labute approximate surface area is 147 Å². The number of rotatable bonds is 2. The smallest absolute Gasteiger partial charge is 0.205 e. The van der Waals surface area contributed by atoms with E-state index in [-0.39, 0.29) is 36.6 Å². The molecule has 0 aliphatic heterocycles. The summed E-state index contributed by atoms with van der Waals surface area (Å²) in [5.41, 5.74) is 0.357. The van der Waals surface area contributed by atoms with Crippen LogP contribution in [0.15, 0.2) is 28.8 Å². The monoisotopic (exact) mass is 346 g/mol. The van der Waals surface area contributed by atoms with E-state index in [1.165, 1.54) is 0 Å². The number of fused-ring (bicyclic) bond motifs is 5. The van der Waals surface area contributed by atoms with Gasteiger partial charge in [0.25, 0.3) is 0 Å². The molecule has 1 aromatic heterocycles. The highest BCUT2D eigenvalue weighted by atomic mass is 16.3. The number of hydrogen-bond donors (Lipinski definition) is 3. The van der Waals surface area contributed by atoms with Gasteiger partial charge in [-0.3, -0.25) is 4.79 Å². The predicted octanol–water partition coefficient (Wildman–Crippen LogP) is 2.51. The van der Waals surface area contributed by atoms with Gasteiger partial charge in [0.15, 0.2) is 5.76 Å². The highest BCUT2D eigenvalue weighted by molar-refractivity contribution is 5.99. The summed E-state index contributed by atoms with van der Waals surface area (Å²) in [5, 5.41) is 30.8. The van der Waals surface area contributed by atoms with Gasteiger partial charge in [-0.1, -0.05) is 6.92 Å². The van der Waals surface area contributed by atoms with Crippen molar-refractivity contribution in [2.24, 2.45) is 22.7 Å². The number of carbonyl (C=O) groups is 1. The number of aryl methyl sites for hydroxylation is 1. The quantitative estimate of drug-likeness (QED) is 0.765. The van der Waals surface area contributed by atoms with Gasteiger partial charge in [-0.05, 0) is 61.5 Å². The van der Waals surface area contributed by atoms with E-state index < -0.39 is 16.2 Å². The molecule has 5 heteroatoms. The largest absolute Gasteiger partial charge is 0.505 e. The molecular formula is C20H26O5. The molecule has 5 atom stereocenters. The molecule has 25 heavy (non-hydrogen) atoms. The van der Waals surface area contributed by atoms with Crippen LogP contribution in [0.2, 0.25) is 0 Å². The molecular weight excluding hydrogens is 320 g/mol. The van der Waals surface area contributed by atoms with E-state index in [1.54, 1.807) is 25.5 Å². The van der Waals surface area contributed by atoms with E-state index in [2.05, 4.69) is 6.92 Å². The number of aliphatic hydroxyl groups is 3. The maximum atomic E-state index is 12.6. The molecule has 1 aromatic rings. The fourth-order valence-corrected chi connectivity index (χ4v) is 6.36. The SMILES string of the molecule is C[C@]12C=C(O)C(=O)[C@](C)(CO)[C@@H]1CC[C@@]1(CO)c3cocc3CC[C@@H]12. The lowest BCUT2D eigenvalue weighted by Crippen LogP contribution is -2.62. The van der Waals surface area contributed by atoms with Crippen LogP contribution in [0.1, 0.15) is 44.2 Å². The van der Waals surface area contributed by atoms with Gasteiger partial charge < -0.3 is 19.7 Å². The van der Waals surface area contributed by atoms with Gasteiger partial charge in [-0.25, -0.2) is 0 Å². The molecule has 0 spiro atoms. The second-order valence-electron chi connectivity index (χ2n) is 8.61. The van der Waals surface area contributed by atoms with Gasteiger partial charge in [-0.15, -0.1) is 0 Å². The summed E-state index contributed by atoms with van der Waals surface area (Å²) in [5.74, 6) is -0.600. The van der Waals surface area contributed by atoms with Gasteiger partial charge in [0.1, 0.15) is 0 Å². The Bertz CT molecular complexity index is 749. The molecule has 0 radical (unpaired) electrons. The zero-order valence-corrected chi connectivity index (χ0v) is 14.8. The Morgan fingerprint density at radius 3 is 2.60 bits per heavy atom. The molecule has 0 aromatic carbocycles. The standard InChI is InChI=1S/C20H26O5/c1-18-7-14(23)17(24)19(2,10-21)15(18)5-6-20(11-22)13-9-25-8-12(13)3-4-16(18)20/h7-9,15-16,21-23H,3-6,10-11H2,1-2H3/t15-,16-,18+,19-,20-/m1/s1. The lowest BCUT2D eigenvalue weighted by atomic mass is 9.41. The normalized spacial score (nSPS) is 43.0. The van der Waals surface area contributed by atoms with Crippen LogP contribution in [0.3, 0.4) is 0 Å². The second kappa shape index (κ2) is 5.21. The number of ketones is 1. The zero-order chi connectivity index (χ0) is 18.0. The summed E-state index contributed by atoms with van der Waals surface area (Å²) in [6.45, 7) is 3.58. The summed E-state index contributed by atoms with van der Waals surface area (Å²) in [7, 11) is 0. The van der Waals surface area contributed by atoms with Crippen LogP contribution in [0.4, 0.5) is 0 Å². The third-order valence-corrected chi connectivity index (χ3v) is 7.61. The van der Waals surface area contributed by atoms with Crippen molar-refractivity contribution in [1.82, 2.24) is 0 Å². The minimum atomic E-state index is -0.980. The number of aliphatic hydroxyl groups excluding tert-OH is 3. The topological polar surface area (TPSA) is 90.9 Å². The zero-order valence-electron chi connectivity index (χ0n) is 14.8. The third kappa shape index (κ3) is 1.88. The van der Waals surface area contributed by atoms with E-state index in [9.17, 15) is 20.1 Å². The number of hydrogen-bond acceptors (Lipinski definition) is 5. The van der Waals surface area contributed by atoms with Crippen molar-refractivity contribution in [3.8, 4) is 0 Å². The van der Waals surface area contributed by atoms with Crippen LogP contribution in [-0.2, 0) is 16.6 Å². The summed E-state index contributed by atoms with van der Waals surface area (Å²) < 4.78 is 5.44. The fraction of sp³-hybridized carbons (Fsp3) is 0.650. The summed E-state index contributed by atoms with van der Waals surface area (Å²) in [4.78, 5) is 12.6. The van der Waals surface area contributed by atoms with Crippen molar-refractivity contribution in [3.05, 3.63) is 35.5 Å². The molecule has 3 aliphatic rings. The minimum absolute atomic E-state index is 0.0187. The average Bonchev–Trinajstić information content (AvgIpc) is 3.09. The van der Waals surface area contributed by atoms with Crippen molar-refractivity contribution in [2.75, 3.05) is 13.2 Å². The lowest BCUT2D eigenvalue weighted by molar-refractivity contribution is -0.149. The van der Waals surface area contributed by atoms with Crippen LogP contribution in [0, 0.1) is 22.7 Å².